The molecule has 114 valence electrons. The minimum Gasteiger partial charge on any atom is -0.349 e. The summed E-state index contributed by atoms with van der Waals surface area (Å²) < 4.78 is 13.7. The van der Waals surface area contributed by atoms with Gasteiger partial charge < -0.3 is 5.32 Å². The van der Waals surface area contributed by atoms with Crippen LogP contribution in [0.15, 0.2) is 36.4 Å². The van der Waals surface area contributed by atoms with E-state index in [1.54, 1.807) is 6.07 Å². The fourth-order valence-corrected chi connectivity index (χ4v) is 4.31. The lowest BCUT2D eigenvalue weighted by Crippen LogP contribution is -2.29. The van der Waals surface area contributed by atoms with E-state index >= 15 is 0 Å². The predicted octanol–water partition coefficient (Wildman–Crippen LogP) is 4.93. The van der Waals surface area contributed by atoms with Crippen molar-refractivity contribution in [2.75, 3.05) is 5.32 Å². The lowest BCUT2D eigenvalue weighted by atomic mass is 9.79. The van der Waals surface area contributed by atoms with E-state index in [1.807, 2.05) is 18.2 Å². The number of anilines is 1. The molecule has 0 bridgehead atoms. The highest BCUT2D eigenvalue weighted by molar-refractivity contribution is 7.80. The first kappa shape index (κ1) is 14.3. The largest absolute Gasteiger partial charge is 0.349 e. The molecular weight excluding hydrogens is 307 g/mol. The summed E-state index contributed by atoms with van der Waals surface area (Å²) in [4.78, 5) is 0.916. The summed E-state index contributed by atoms with van der Waals surface area (Å²) >= 11 is 5.60. The molecule has 23 heavy (non-hydrogen) atoms. The molecule has 4 heteroatoms. The van der Waals surface area contributed by atoms with Crippen LogP contribution in [-0.2, 0) is 5.41 Å². The van der Waals surface area contributed by atoms with E-state index in [9.17, 15) is 4.39 Å². The van der Waals surface area contributed by atoms with Gasteiger partial charge in [-0.2, -0.15) is 5.26 Å². The molecule has 1 aliphatic carbocycles. The van der Waals surface area contributed by atoms with Gasteiger partial charge in [0.1, 0.15) is 5.82 Å². The SMILES string of the molecule is N#Cc1cc(F)cc(-c2ccc3c(c2)C2(CCCC2)C(=S)N3)c1. The molecule has 4 rings (SSSR count). The molecule has 0 saturated heterocycles. The lowest BCUT2D eigenvalue weighted by molar-refractivity contribution is 0.620. The lowest BCUT2D eigenvalue weighted by Gasteiger charge is -2.23. The van der Waals surface area contributed by atoms with Gasteiger partial charge in [-0.3, -0.25) is 0 Å². The number of nitriles is 1. The number of nitrogens with zero attached hydrogens (tertiary/aromatic N) is 1. The Morgan fingerprint density at radius 3 is 2.61 bits per heavy atom. The quantitative estimate of drug-likeness (QED) is 0.756. The molecule has 0 aromatic heterocycles. The number of halogens is 1. The van der Waals surface area contributed by atoms with Crippen molar-refractivity contribution in [1.29, 1.82) is 5.26 Å². The van der Waals surface area contributed by atoms with Crippen molar-refractivity contribution >= 4 is 22.9 Å². The van der Waals surface area contributed by atoms with Crippen LogP contribution in [0.3, 0.4) is 0 Å². The molecule has 0 amide bonds. The van der Waals surface area contributed by atoms with Crippen molar-refractivity contribution in [3.63, 3.8) is 0 Å². The van der Waals surface area contributed by atoms with Crippen molar-refractivity contribution < 1.29 is 4.39 Å². The summed E-state index contributed by atoms with van der Waals surface area (Å²) in [7, 11) is 0. The van der Waals surface area contributed by atoms with Crippen LogP contribution in [0.25, 0.3) is 11.1 Å². The van der Waals surface area contributed by atoms with Gasteiger partial charge in [0.05, 0.1) is 16.6 Å². The number of thiocarbonyl (C=S) groups is 1. The van der Waals surface area contributed by atoms with Gasteiger partial charge in [-0.15, -0.1) is 0 Å². The van der Waals surface area contributed by atoms with Crippen LogP contribution in [0.5, 0.6) is 0 Å². The Morgan fingerprint density at radius 2 is 1.87 bits per heavy atom. The number of nitrogens with one attached hydrogen (secondary N) is 1. The Kier molecular flexibility index (Phi) is 3.21. The van der Waals surface area contributed by atoms with Gasteiger partial charge in [-0.25, -0.2) is 4.39 Å². The predicted molar refractivity (Wildman–Crippen MR) is 92.9 cm³/mol. The minimum atomic E-state index is -0.385. The van der Waals surface area contributed by atoms with Crippen LogP contribution in [0.2, 0.25) is 0 Å². The molecule has 1 N–H and O–H groups in total. The highest BCUT2D eigenvalue weighted by atomic mass is 32.1. The third-order valence-corrected chi connectivity index (χ3v) is 5.53. The highest BCUT2D eigenvalue weighted by Gasteiger charge is 2.45. The summed E-state index contributed by atoms with van der Waals surface area (Å²) in [6.07, 6.45) is 4.51. The van der Waals surface area contributed by atoms with E-state index in [2.05, 4.69) is 11.4 Å². The highest BCUT2D eigenvalue weighted by Crippen LogP contribution is 2.50. The Bertz CT molecular complexity index is 860. The van der Waals surface area contributed by atoms with Gasteiger partial charge in [0.15, 0.2) is 0 Å². The second-order valence-electron chi connectivity index (χ2n) is 6.34. The molecular formula is C19H15FN2S. The normalized spacial score (nSPS) is 17.8. The van der Waals surface area contributed by atoms with E-state index in [4.69, 9.17) is 17.5 Å². The van der Waals surface area contributed by atoms with Gasteiger partial charge in [-0.05, 0) is 59.9 Å². The molecule has 2 aromatic rings. The second-order valence-corrected chi connectivity index (χ2v) is 6.75. The number of hydrogen-bond acceptors (Lipinski definition) is 2. The van der Waals surface area contributed by atoms with Gasteiger partial charge in [0, 0.05) is 11.1 Å². The Balaban J connectivity index is 1.85. The van der Waals surface area contributed by atoms with Gasteiger partial charge in [0.25, 0.3) is 0 Å². The topological polar surface area (TPSA) is 35.8 Å². The number of benzene rings is 2. The minimum absolute atomic E-state index is 0.0495. The van der Waals surface area contributed by atoms with Crippen LogP contribution >= 0.6 is 12.2 Å². The zero-order valence-electron chi connectivity index (χ0n) is 12.5. The second kappa shape index (κ2) is 5.14. The van der Waals surface area contributed by atoms with Gasteiger partial charge in [-0.1, -0.05) is 31.1 Å². The van der Waals surface area contributed by atoms with Crippen LogP contribution in [0.4, 0.5) is 10.1 Å². The average Bonchev–Trinajstić information content (AvgIpc) is 3.14. The standard InChI is InChI=1S/C19H15FN2S/c20-15-8-12(11-21)7-14(9-15)13-3-4-17-16(10-13)19(18(23)22-17)5-1-2-6-19/h3-4,7-10H,1-2,5-6H2,(H,22,23). The third kappa shape index (κ3) is 2.15. The Labute approximate surface area is 139 Å². The molecule has 2 aromatic carbocycles. The van der Waals surface area contributed by atoms with Crippen LogP contribution in [0.1, 0.15) is 36.8 Å². The number of fused-ring (bicyclic) bond motifs is 2. The molecule has 1 aliphatic heterocycles. The van der Waals surface area contributed by atoms with E-state index in [1.165, 1.54) is 30.5 Å². The molecule has 2 aliphatic rings. The molecule has 1 fully saturated rings. The zero-order chi connectivity index (χ0) is 16.0. The van der Waals surface area contributed by atoms with Crippen molar-refractivity contribution in [1.82, 2.24) is 0 Å². The first-order valence-electron chi connectivity index (χ1n) is 7.79. The summed E-state index contributed by atoms with van der Waals surface area (Å²) in [6.45, 7) is 0. The van der Waals surface area contributed by atoms with Crippen LogP contribution in [0, 0.1) is 17.1 Å². The molecule has 1 heterocycles. The Hall–Kier alpha value is -2.25. The van der Waals surface area contributed by atoms with Crippen molar-refractivity contribution in [3.05, 3.63) is 53.3 Å². The molecule has 0 radical (unpaired) electrons. The average molecular weight is 322 g/mol. The number of rotatable bonds is 1. The third-order valence-electron chi connectivity index (χ3n) is 5.04. The molecule has 0 unspecified atom stereocenters. The maximum atomic E-state index is 13.7. The summed E-state index contributed by atoms with van der Waals surface area (Å²) in [5.74, 6) is -0.385. The van der Waals surface area contributed by atoms with Crippen molar-refractivity contribution in [3.8, 4) is 17.2 Å². The van der Waals surface area contributed by atoms with E-state index in [-0.39, 0.29) is 11.2 Å². The maximum Gasteiger partial charge on any atom is 0.125 e. The van der Waals surface area contributed by atoms with Crippen LogP contribution < -0.4 is 5.32 Å². The van der Waals surface area contributed by atoms with Crippen LogP contribution in [-0.4, -0.2) is 4.99 Å². The van der Waals surface area contributed by atoms with E-state index in [0.29, 0.717) is 5.56 Å². The first-order chi connectivity index (χ1) is 11.1. The smallest absolute Gasteiger partial charge is 0.125 e. The Morgan fingerprint density at radius 1 is 1.09 bits per heavy atom. The summed E-state index contributed by atoms with van der Waals surface area (Å²) in [5.41, 5.74) is 4.24. The first-order valence-corrected chi connectivity index (χ1v) is 8.20. The van der Waals surface area contributed by atoms with Gasteiger partial charge in [0.2, 0.25) is 0 Å². The maximum absolute atomic E-state index is 13.7. The fourth-order valence-electron chi connectivity index (χ4n) is 3.89. The molecule has 0 atom stereocenters. The monoisotopic (exact) mass is 322 g/mol. The van der Waals surface area contributed by atoms with Crippen molar-refractivity contribution in [2.24, 2.45) is 0 Å². The molecule has 2 nitrogen and oxygen atoms in total. The fraction of sp³-hybridized carbons (Fsp3) is 0.263. The van der Waals surface area contributed by atoms with E-state index in [0.717, 1.165) is 34.6 Å². The van der Waals surface area contributed by atoms with E-state index < -0.39 is 0 Å². The molecule has 1 saturated carbocycles. The van der Waals surface area contributed by atoms with Crippen molar-refractivity contribution in [2.45, 2.75) is 31.1 Å². The van der Waals surface area contributed by atoms with Gasteiger partial charge >= 0.3 is 0 Å². The summed E-state index contributed by atoms with van der Waals surface area (Å²) in [5, 5.41) is 12.4. The number of hydrogen-bond donors (Lipinski definition) is 1. The zero-order valence-corrected chi connectivity index (χ0v) is 13.3. The molecule has 1 spiro atoms. The summed E-state index contributed by atoms with van der Waals surface area (Å²) in [6, 6.07) is 12.6.